The van der Waals surface area contributed by atoms with Gasteiger partial charge in [0.15, 0.2) is 5.96 Å². The van der Waals surface area contributed by atoms with Crippen LogP contribution in [0.4, 0.5) is 4.79 Å². The molecule has 1 aromatic heterocycles. The van der Waals surface area contributed by atoms with Crippen LogP contribution in [0.2, 0.25) is 10.0 Å². The molecular weight excluding hydrogens is 437 g/mol. The predicted octanol–water partition coefficient (Wildman–Crippen LogP) is 3.50. The molecule has 3 rings (SSSR count). The number of carbonyl (C=O) groups excluding carboxylic acids is 1. The molecule has 10 heteroatoms. The Morgan fingerprint density at radius 3 is 2.74 bits per heavy atom. The zero-order valence-electron chi connectivity index (χ0n) is 17.9. The van der Waals surface area contributed by atoms with E-state index in [0.717, 1.165) is 36.2 Å². The third kappa shape index (κ3) is 5.62. The highest BCUT2D eigenvalue weighted by molar-refractivity contribution is 6.43. The second-order valence-electron chi connectivity index (χ2n) is 7.83. The molecule has 4 N–H and O–H groups in total. The Kier molecular flexibility index (Phi) is 7.67. The molecule has 0 radical (unpaired) electrons. The van der Waals surface area contributed by atoms with Gasteiger partial charge >= 0.3 is 6.03 Å². The summed E-state index contributed by atoms with van der Waals surface area (Å²) in [5.41, 5.74) is 8.18. The summed E-state index contributed by atoms with van der Waals surface area (Å²) in [5.74, 6) is 0.363. The lowest BCUT2D eigenvalue weighted by molar-refractivity contribution is 0.180. The minimum absolute atomic E-state index is 0.0318. The number of urea groups is 1. The number of benzene rings is 1. The molecule has 0 bridgehead atoms. The van der Waals surface area contributed by atoms with Crippen molar-refractivity contribution < 1.29 is 4.79 Å². The average molecular weight is 466 g/mol. The van der Waals surface area contributed by atoms with E-state index in [1.54, 1.807) is 18.0 Å². The molecule has 2 amide bonds. The molecule has 1 aromatic carbocycles. The molecular formula is C21H29Cl2N7O. The monoisotopic (exact) mass is 465 g/mol. The average Bonchev–Trinajstić information content (AvgIpc) is 3.14. The number of halogens is 2. The van der Waals surface area contributed by atoms with E-state index in [4.69, 9.17) is 34.3 Å². The van der Waals surface area contributed by atoms with Crippen molar-refractivity contribution >= 4 is 35.2 Å². The van der Waals surface area contributed by atoms with Crippen molar-refractivity contribution in [2.75, 3.05) is 33.2 Å². The SMILES string of the molecule is CN(CCCNC(=O)N1CCC(c2cc(-c3cccc(Cl)c3Cl)nn2C)CC1)C(=N)N. The molecule has 31 heavy (non-hydrogen) atoms. The van der Waals surface area contributed by atoms with E-state index >= 15 is 0 Å². The summed E-state index contributed by atoms with van der Waals surface area (Å²) in [6, 6.07) is 7.58. The number of hydrogen-bond acceptors (Lipinski definition) is 3. The largest absolute Gasteiger partial charge is 0.370 e. The first kappa shape index (κ1) is 23.2. The van der Waals surface area contributed by atoms with Gasteiger partial charge in [-0.25, -0.2) is 4.79 Å². The fourth-order valence-corrected chi connectivity index (χ4v) is 4.22. The minimum atomic E-state index is -0.0414. The molecule has 1 aliphatic heterocycles. The Bertz CT molecular complexity index is 938. The van der Waals surface area contributed by atoms with Gasteiger partial charge in [0, 0.05) is 57.4 Å². The number of nitrogens with two attached hydrogens (primary N) is 1. The molecule has 0 unspecified atom stereocenters. The Hall–Kier alpha value is -2.45. The van der Waals surface area contributed by atoms with Crippen molar-refractivity contribution in [3.63, 3.8) is 0 Å². The van der Waals surface area contributed by atoms with E-state index in [2.05, 4.69) is 16.5 Å². The molecule has 168 valence electrons. The van der Waals surface area contributed by atoms with Gasteiger partial charge in [0.1, 0.15) is 0 Å². The fourth-order valence-electron chi connectivity index (χ4n) is 3.82. The van der Waals surface area contributed by atoms with Crippen LogP contribution in [0.3, 0.4) is 0 Å². The lowest BCUT2D eigenvalue weighted by Crippen LogP contribution is -2.45. The van der Waals surface area contributed by atoms with Crippen LogP contribution in [0.25, 0.3) is 11.3 Å². The number of amides is 2. The highest BCUT2D eigenvalue weighted by atomic mass is 35.5. The molecule has 1 fully saturated rings. The highest BCUT2D eigenvalue weighted by Crippen LogP contribution is 2.35. The topological polar surface area (TPSA) is 103 Å². The number of nitrogens with one attached hydrogen (secondary N) is 2. The Morgan fingerprint density at radius 1 is 1.35 bits per heavy atom. The van der Waals surface area contributed by atoms with Crippen LogP contribution in [-0.2, 0) is 7.05 Å². The van der Waals surface area contributed by atoms with Gasteiger partial charge in [-0.2, -0.15) is 5.10 Å². The van der Waals surface area contributed by atoms with Gasteiger partial charge in [0.05, 0.1) is 15.7 Å². The second-order valence-corrected chi connectivity index (χ2v) is 8.62. The van der Waals surface area contributed by atoms with Crippen molar-refractivity contribution in [1.29, 1.82) is 5.41 Å². The Morgan fingerprint density at radius 2 is 2.06 bits per heavy atom. The third-order valence-corrected chi connectivity index (χ3v) is 6.52. The normalized spacial score (nSPS) is 14.5. The summed E-state index contributed by atoms with van der Waals surface area (Å²) < 4.78 is 1.90. The summed E-state index contributed by atoms with van der Waals surface area (Å²) in [6.45, 7) is 2.59. The van der Waals surface area contributed by atoms with Gasteiger partial charge in [-0.3, -0.25) is 10.1 Å². The smallest absolute Gasteiger partial charge is 0.317 e. The summed E-state index contributed by atoms with van der Waals surface area (Å²) in [7, 11) is 3.70. The van der Waals surface area contributed by atoms with Crippen LogP contribution >= 0.6 is 23.2 Å². The van der Waals surface area contributed by atoms with Gasteiger partial charge < -0.3 is 20.9 Å². The van der Waals surface area contributed by atoms with Gasteiger partial charge in [-0.1, -0.05) is 35.3 Å². The summed E-state index contributed by atoms with van der Waals surface area (Å²) in [5, 5.41) is 16.0. The predicted molar refractivity (Wildman–Crippen MR) is 125 cm³/mol. The van der Waals surface area contributed by atoms with Crippen molar-refractivity contribution in [1.82, 2.24) is 24.9 Å². The van der Waals surface area contributed by atoms with Crippen LogP contribution in [0.5, 0.6) is 0 Å². The van der Waals surface area contributed by atoms with E-state index in [0.29, 0.717) is 42.1 Å². The summed E-state index contributed by atoms with van der Waals surface area (Å²) in [4.78, 5) is 15.9. The van der Waals surface area contributed by atoms with Gasteiger partial charge in [-0.05, 0) is 31.4 Å². The number of rotatable bonds is 6. The molecule has 1 aliphatic rings. The van der Waals surface area contributed by atoms with E-state index in [-0.39, 0.29) is 12.0 Å². The molecule has 1 saturated heterocycles. The van der Waals surface area contributed by atoms with E-state index in [9.17, 15) is 4.79 Å². The van der Waals surface area contributed by atoms with E-state index in [1.807, 2.05) is 28.8 Å². The zero-order valence-corrected chi connectivity index (χ0v) is 19.4. The maximum Gasteiger partial charge on any atom is 0.317 e. The van der Waals surface area contributed by atoms with E-state index < -0.39 is 0 Å². The highest BCUT2D eigenvalue weighted by Gasteiger charge is 2.26. The van der Waals surface area contributed by atoms with Crippen molar-refractivity contribution in [2.45, 2.75) is 25.2 Å². The summed E-state index contributed by atoms with van der Waals surface area (Å²) in [6.07, 6.45) is 2.49. The molecule has 0 aliphatic carbocycles. The van der Waals surface area contributed by atoms with Crippen LogP contribution in [0.1, 0.15) is 30.9 Å². The van der Waals surface area contributed by atoms with Gasteiger partial charge in [-0.15, -0.1) is 0 Å². The van der Waals surface area contributed by atoms with Gasteiger partial charge in [0.2, 0.25) is 0 Å². The Labute approximate surface area is 192 Å². The maximum atomic E-state index is 12.4. The van der Waals surface area contributed by atoms with Crippen LogP contribution in [0.15, 0.2) is 24.3 Å². The fraction of sp³-hybridized carbons (Fsp3) is 0.476. The number of hydrogen-bond donors (Lipinski definition) is 3. The summed E-state index contributed by atoms with van der Waals surface area (Å²) >= 11 is 12.5. The minimum Gasteiger partial charge on any atom is -0.370 e. The van der Waals surface area contributed by atoms with Gasteiger partial charge in [0.25, 0.3) is 0 Å². The number of aryl methyl sites for hydroxylation is 1. The quantitative estimate of drug-likeness (QED) is 0.345. The second kappa shape index (κ2) is 10.2. The number of nitrogens with zero attached hydrogens (tertiary/aromatic N) is 4. The number of likely N-dealkylation sites (tertiary alicyclic amines) is 1. The maximum absolute atomic E-state index is 12.4. The van der Waals surface area contributed by atoms with Crippen LogP contribution in [0, 0.1) is 5.41 Å². The van der Waals surface area contributed by atoms with Crippen molar-refractivity contribution in [3.8, 4) is 11.3 Å². The third-order valence-electron chi connectivity index (χ3n) is 5.70. The molecule has 8 nitrogen and oxygen atoms in total. The van der Waals surface area contributed by atoms with Crippen molar-refractivity contribution in [3.05, 3.63) is 40.0 Å². The Balaban J connectivity index is 1.53. The first-order valence-corrected chi connectivity index (χ1v) is 11.1. The molecule has 0 saturated carbocycles. The lowest BCUT2D eigenvalue weighted by atomic mass is 9.93. The molecule has 0 atom stereocenters. The molecule has 2 aromatic rings. The molecule has 2 heterocycles. The van der Waals surface area contributed by atoms with E-state index in [1.165, 1.54) is 0 Å². The van der Waals surface area contributed by atoms with Crippen molar-refractivity contribution in [2.24, 2.45) is 12.8 Å². The number of carbonyl (C=O) groups is 1. The first-order valence-electron chi connectivity index (χ1n) is 10.3. The number of piperidine rings is 1. The van der Waals surface area contributed by atoms with Crippen LogP contribution < -0.4 is 11.1 Å². The first-order chi connectivity index (χ1) is 14.8. The number of guanidine groups is 1. The number of aromatic nitrogens is 2. The lowest BCUT2D eigenvalue weighted by Gasteiger charge is -2.32. The standard InChI is InChI=1S/C21H29Cl2N7O/c1-28(20(24)25)10-4-9-26-21(31)30-11-7-14(8-12-30)18-13-17(27-29(18)2)15-5-3-6-16(22)19(15)23/h3,5-6,13-14H,4,7-12H2,1-2H3,(H3,24,25)(H,26,31). The van der Waals surface area contributed by atoms with Crippen LogP contribution in [-0.4, -0.2) is 64.8 Å². The molecule has 0 spiro atoms. The zero-order chi connectivity index (χ0) is 22.5.